The molecule has 2 unspecified atom stereocenters. The van der Waals surface area contributed by atoms with Gasteiger partial charge in [0, 0.05) is 11.9 Å². The Morgan fingerprint density at radius 3 is 2.56 bits per heavy atom. The first-order valence-corrected chi connectivity index (χ1v) is 8.51. The number of aryl methyl sites for hydroxylation is 1. The zero-order valence-electron chi connectivity index (χ0n) is 14.8. The van der Waals surface area contributed by atoms with Crippen molar-refractivity contribution in [2.24, 2.45) is 11.7 Å². The highest BCUT2D eigenvalue weighted by Gasteiger charge is 2.25. The van der Waals surface area contributed by atoms with E-state index in [1.807, 2.05) is 32.0 Å². The summed E-state index contributed by atoms with van der Waals surface area (Å²) in [5, 5.41) is 7.75. The predicted octanol–water partition coefficient (Wildman–Crippen LogP) is 2.41. The Labute approximate surface area is 146 Å². The van der Waals surface area contributed by atoms with Crippen LogP contribution in [0.5, 0.6) is 0 Å². The van der Waals surface area contributed by atoms with Gasteiger partial charge < -0.3 is 11.1 Å². The van der Waals surface area contributed by atoms with Crippen LogP contribution in [0.3, 0.4) is 0 Å². The van der Waals surface area contributed by atoms with Gasteiger partial charge in [0.25, 0.3) is 5.91 Å². The monoisotopic (exact) mass is 348 g/mol. The van der Waals surface area contributed by atoms with E-state index in [-0.39, 0.29) is 11.6 Å². The fourth-order valence-corrected chi connectivity index (χ4v) is 2.76. The molecule has 25 heavy (non-hydrogen) atoms. The largest absolute Gasteiger partial charge is 0.368 e. The summed E-state index contributed by atoms with van der Waals surface area (Å²) in [4.78, 5) is 24.1. The molecule has 0 fully saturated rings. The van der Waals surface area contributed by atoms with E-state index in [1.54, 1.807) is 10.7 Å². The topological polar surface area (TPSA) is 90.0 Å². The lowest BCUT2D eigenvalue weighted by Crippen LogP contribution is -2.47. The number of alkyl halides is 1. The molecule has 0 aliphatic heterocycles. The van der Waals surface area contributed by atoms with Crippen LogP contribution in [0.15, 0.2) is 24.3 Å². The van der Waals surface area contributed by atoms with Crippen LogP contribution in [0.2, 0.25) is 0 Å². The number of nitrogens with one attached hydrogen (secondary N) is 1. The van der Waals surface area contributed by atoms with Crippen LogP contribution in [-0.4, -0.2) is 33.8 Å². The third-order valence-electron chi connectivity index (χ3n) is 4.10. The average molecular weight is 348 g/mol. The number of hydrogen-bond acceptors (Lipinski definition) is 3. The Morgan fingerprint density at radius 1 is 1.28 bits per heavy atom. The molecule has 1 heterocycles. The van der Waals surface area contributed by atoms with Gasteiger partial charge in [0.15, 0.2) is 5.69 Å². The third-order valence-corrected chi connectivity index (χ3v) is 4.10. The summed E-state index contributed by atoms with van der Waals surface area (Å²) in [5.74, 6) is -1.14. The van der Waals surface area contributed by atoms with Crippen molar-refractivity contribution in [3.63, 3.8) is 0 Å². The van der Waals surface area contributed by atoms with Crippen molar-refractivity contribution < 1.29 is 14.0 Å². The smallest absolute Gasteiger partial charge is 0.273 e. The zero-order valence-corrected chi connectivity index (χ0v) is 14.8. The molecule has 0 bridgehead atoms. The Bertz CT molecular complexity index is 755. The second kappa shape index (κ2) is 8.09. The molecule has 6 nitrogen and oxygen atoms in total. The van der Waals surface area contributed by atoms with E-state index in [0.717, 1.165) is 5.52 Å². The van der Waals surface area contributed by atoms with Crippen molar-refractivity contribution in [2.45, 2.75) is 52.4 Å². The highest BCUT2D eigenvalue weighted by Crippen LogP contribution is 2.20. The Morgan fingerprint density at radius 2 is 1.96 bits per heavy atom. The van der Waals surface area contributed by atoms with Crippen molar-refractivity contribution in [1.82, 2.24) is 15.1 Å². The molecular weight excluding hydrogens is 323 g/mol. The second-order valence-corrected chi connectivity index (χ2v) is 6.61. The molecule has 0 spiro atoms. The maximum atomic E-state index is 13.0. The summed E-state index contributed by atoms with van der Waals surface area (Å²) in [7, 11) is 0. The first kappa shape index (κ1) is 18.9. The molecule has 3 N–H and O–H groups in total. The van der Waals surface area contributed by atoms with E-state index in [2.05, 4.69) is 10.4 Å². The Kier molecular flexibility index (Phi) is 6.12. The molecular formula is C18H25FN4O2. The highest BCUT2D eigenvalue weighted by molar-refractivity contribution is 6.06. The van der Waals surface area contributed by atoms with Gasteiger partial charge >= 0.3 is 0 Å². The van der Waals surface area contributed by atoms with Crippen LogP contribution in [-0.2, 0) is 11.3 Å². The van der Waals surface area contributed by atoms with Gasteiger partial charge in [-0.15, -0.1) is 0 Å². The molecule has 1 aromatic carbocycles. The van der Waals surface area contributed by atoms with Crippen LogP contribution in [0.25, 0.3) is 10.9 Å². The van der Waals surface area contributed by atoms with E-state index >= 15 is 0 Å². The number of aromatic nitrogens is 2. The number of rotatable bonds is 8. The zero-order chi connectivity index (χ0) is 18.6. The Balaban J connectivity index is 2.28. The lowest BCUT2D eigenvalue weighted by Gasteiger charge is -2.18. The van der Waals surface area contributed by atoms with Gasteiger partial charge in [-0.3, -0.25) is 14.3 Å². The van der Waals surface area contributed by atoms with Crippen LogP contribution in [0, 0.1) is 5.92 Å². The number of benzene rings is 1. The molecule has 0 radical (unpaired) electrons. The lowest BCUT2D eigenvalue weighted by molar-refractivity contribution is -0.120. The number of hydrogen-bond donors (Lipinski definition) is 2. The number of para-hydroxylation sites is 1. The summed E-state index contributed by atoms with van der Waals surface area (Å²) >= 11 is 0. The highest BCUT2D eigenvalue weighted by atomic mass is 19.1. The first-order chi connectivity index (χ1) is 11.8. The van der Waals surface area contributed by atoms with E-state index in [0.29, 0.717) is 24.8 Å². The summed E-state index contributed by atoms with van der Waals surface area (Å²) in [6, 6.07) is 6.60. The molecule has 2 aromatic rings. The van der Waals surface area contributed by atoms with Gasteiger partial charge in [-0.1, -0.05) is 32.0 Å². The number of nitrogens with zero attached hydrogens (tertiary/aromatic N) is 2. The lowest BCUT2D eigenvalue weighted by atomic mass is 10.0. The van der Waals surface area contributed by atoms with E-state index in [4.69, 9.17) is 5.73 Å². The van der Waals surface area contributed by atoms with E-state index in [9.17, 15) is 14.0 Å². The van der Waals surface area contributed by atoms with Crippen LogP contribution >= 0.6 is 0 Å². The van der Waals surface area contributed by atoms with Crippen LogP contribution in [0.4, 0.5) is 4.39 Å². The van der Waals surface area contributed by atoms with Crippen LogP contribution in [0.1, 0.15) is 44.1 Å². The van der Waals surface area contributed by atoms with Gasteiger partial charge in [-0.05, 0) is 31.7 Å². The van der Waals surface area contributed by atoms with Gasteiger partial charge in [0.1, 0.15) is 6.04 Å². The molecule has 7 heteroatoms. The van der Waals surface area contributed by atoms with Crippen molar-refractivity contribution in [2.75, 3.05) is 0 Å². The SMILES string of the molecule is CC(F)CCCn1nc(C(=O)NC(C(N)=O)C(C)C)c2ccccc21. The number of halogens is 1. The average Bonchev–Trinajstić information content (AvgIpc) is 2.90. The number of nitrogens with two attached hydrogens (primary N) is 1. The fourth-order valence-electron chi connectivity index (χ4n) is 2.76. The molecule has 2 amide bonds. The summed E-state index contributed by atoms with van der Waals surface area (Å²) in [6.07, 6.45) is 0.194. The minimum absolute atomic E-state index is 0.124. The molecule has 136 valence electrons. The maximum Gasteiger partial charge on any atom is 0.273 e. The van der Waals surface area contributed by atoms with Crippen molar-refractivity contribution in [1.29, 1.82) is 0 Å². The van der Waals surface area contributed by atoms with Gasteiger partial charge in [0.05, 0.1) is 11.7 Å². The third kappa shape index (κ3) is 4.55. The summed E-state index contributed by atoms with van der Waals surface area (Å²) < 4.78 is 14.7. The molecule has 0 aliphatic carbocycles. The van der Waals surface area contributed by atoms with Crippen molar-refractivity contribution >= 4 is 22.7 Å². The fraction of sp³-hybridized carbons (Fsp3) is 0.500. The normalized spacial score (nSPS) is 13.8. The molecule has 1 aromatic heterocycles. The molecule has 0 saturated carbocycles. The first-order valence-electron chi connectivity index (χ1n) is 8.51. The number of fused-ring (bicyclic) bond motifs is 1. The molecule has 2 atom stereocenters. The quantitative estimate of drug-likeness (QED) is 0.767. The molecule has 2 rings (SSSR count). The number of primary amides is 1. The van der Waals surface area contributed by atoms with E-state index < -0.39 is 24.0 Å². The van der Waals surface area contributed by atoms with Gasteiger partial charge in [-0.25, -0.2) is 4.39 Å². The Hall–Kier alpha value is -2.44. The maximum absolute atomic E-state index is 13.0. The standard InChI is InChI=1S/C18H25FN4O2/c1-11(2)15(17(20)24)21-18(25)16-13-8-4-5-9-14(13)23(22-16)10-6-7-12(3)19/h4-5,8-9,11-12,15H,6-7,10H2,1-3H3,(H2,20,24)(H,21,25). The minimum Gasteiger partial charge on any atom is -0.368 e. The van der Waals surface area contributed by atoms with Gasteiger partial charge in [-0.2, -0.15) is 5.10 Å². The second-order valence-electron chi connectivity index (χ2n) is 6.61. The molecule has 0 saturated heterocycles. The van der Waals surface area contributed by atoms with Gasteiger partial charge in [0.2, 0.25) is 5.91 Å². The van der Waals surface area contributed by atoms with Crippen LogP contribution < -0.4 is 11.1 Å². The van der Waals surface area contributed by atoms with E-state index in [1.165, 1.54) is 6.92 Å². The van der Waals surface area contributed by atoms with Crippen molar-refractivity contribution in [3.8, 4) is 0 Å². The summed E-state index contributed by atoms with van der Waals surface area (Å²) in [6.45, 7) is 5.66. The molecule has 0 aliphatic rings. The number of carbonyl (C=O) groups excluding carboxylic acids is 2. The predicted molar refractivity (Wildman–Crippen MR) is 94.8 cm³/mol. The van der Waals surface area contributed by atoms with Crippen molar-refractivity contribution in [3.05, 3.63) is 30.0 Å². The summed E-state index contributed by atoms with van der Waals surface area (Å²) in [5.41, 5.74) is 6.41. The minimum atomic E-state index is -0.869. The number of carbonyl (C=O) groups is 2. The number of amides is 2.